The second-order valence-corrected chi connectivity index (χ2v) is 9.23. The van der Waals surface area contributed by atoms with Crippen molar-refractivity contribution in [3.8, 4) is 0 Å². The van der Waals surface area contributed by atoms with E-state index >= 15 is 0 Å². The quantitative estimate of drug-likeness (QED) is 0.719. The number of hydrogen-bond donors (Lipinski definition) is 0. The number of allylic oxidation sites excluding steroid dienone is 2. The predicted octanol–water partition coefficient (Wildman–Crippen LogP) is 3.41. The molecular weight excluding hydrogens is 237 g/mol. The van der Waals surface area contributed by atoms with Crippen molar-refractivity contribution in [3.05, 3.63) is 11.3 Å². The minimum absolute atomic E-state index is 0.171. The van der Waals surface area contributed by atoms with E-state index in [2.05, 4.69) is 0 Å². The van der Waals surface area contributed by atoms with Gasteiger partial charge in [-0.25, -0.2) is 0 Å². The van der Waals surface area contributed by atoms with Crippen molar-refractivity contribution in [1.82, 2.24) is 0 Å². The predicted molar refractivity (Wildman–Crippen MR) is 56.4 cm³/mol. The van der Waals surface area contributed by atoms with Gasteiger partial charge in [-0.1, -0.05) is 0 Å². The average Bonchev–Trinajstić information content (AvgIpc) is 2.46. The molecule has 0 radical (unpaired) electrons. The number of alkyl halides is 3. The Hall–Kier alpha value is -0.783. The van der Waals surface area contributed by atoms with Gasteiger partial charge >= 0.3 is 6.18 Å². The zero-order chi connectivity index (χ0) is 12.6. The van der Waals surface area contributed by atoms with Crippen LogP contribution < -0.4 is 0 Å². The second-order valence-electron chi connectivity index (χ2n) is 4.80. The van der Waals surface area contributed by atoms with Crippen molar-refractivity contribution in [3.63, 3.8) is 0 Å². The summed E-state index contributed by atoms with van der Waals surface area (Å²) in [7, 11) is -1.95. The summed E-state index contributed by atoms with van der Waals surface area (Å²) in [4.78, 5) is 11.1. The molecule has 1 rings (SSSR count). The Bertz CT molecular complexity index is 326. The van der Waals surface area contributed by atoms with Crippen molar-refractivity contribution in [2.24, 2.45) is 0 Å². The van der Waals surface area contributed by atoms with Crippen molar-refractivity contribution >= 4 is 14.1 Å². The Morgan fingerprint density at radius 1 is 1.25 bits per heavy atom. The lowest BCUT2D eigenvalue weighted by molar-refractivity contribution is -0.166. The fraction of sp³-hybridized carbons (Fsp3) is 0.700. The highest BCUT2D eigenvalue weighted by molar-refractivity contribution is 6.70. The highest BCUT2D eigenvalue weighted by Crippen LogP contribution is 2.34. The maximum Gasteiger partial charge on any atom is 0.454 e. The number of carbonyl (C=O) groups is 1. The summed E-state index contributed by atoms with van der Waals surface area (Å²) in [6.45, 7) is 5.65. The van der Waals surface area contributed by atoms with Crippen LogP contribution in [-0.4, -0.2) is 20.3 Å². The van der Waals surface area contributed by atoms with Crippen molar-refractivity contribution in [2.75, 3.05) is 0 Å². The largest absolute Gasteiger partial charge is 0.547 e. The number of hydrogen-bond acceptors (Lipinski definition) is 2. The molecule has 1 aliphatic carbocycles. The minimum Gasteiger partial charge on any atom is -0.547 e. The van der Waals surface area contributed by atoms with Gasteiger partial charge in [-0.05, 0) is 32.5 Å². The number of carbonyl (C=O) groups excluding carboxylic acids is 1. The van der Waals surface area contributed by atoms with Crippen molar-refractivity contribution < 1.29 is 22.4 Å². The summed E-state index contributed by atoms with van der Waals surface area (Å²) < 4.78 is 42.4. The van der Waals surface area contributed by atoms with Crippen LogP contribution in [0, 0.1) is 0 Å². The fourth-order valence-corrected chi connectivity index (χ4v) is 2.57. The van der Waals surface area contributed by atoms with E-state index < -0.39 is 20.3 Å². The Balaban J connectivity index is 2.92. The average molecular weight is 252 g/mol. The van der Waals surface area contributed by atoms with E-state index in [-0.39, 0.29) is 17.8 Å². The Morgan fingerprint density at radius 3 is 2.25 bits per heavy atom. The molecule has 6 heteroatoms. The molecule has 0 spiro atoms. The molecule has 0 fully saturated rings. The van der Waals surface area contributed by atoms with Gasteiger partial charge in [0.1, 0.15) is 0 Å². The number of rotatable bonds is 3. The summed E-state index contributed by atoms with van der Waals surface area (Å²) >= 11 is 0. The molecule has 0 aromatic carbocycles. The molecule has 0 aliphatic heterocycles. The molecular formula is C10H15F3O2Si. The van der Waals surface area contributed by atoms with Gasteiger partial charge in [0.25, 0.3) is 5.78 Å². The molecule has 16 heavy (non-hydrogen) atoms. The molecule has 0 saturated carbocycles. The van der Waals surface area contributed by atoms with Gasteiger partial charge in [-0.3, -0.25) is 4.79 Å². The van der Waals surface area contributed by atoms with Crippen LogP contribution in [0.15, 0.2) is 11.3 Å². The van der Waals surface area contributed by atoms with Gasteiger partial charge < -0.3 is 4.43 Å². The van der Waals surface area contributed by atoms with Crippen LogP contribution in [0.5, 0.6) is 0 Å². The third kappa shape index (κ3) is 3.36. The van der Waals surface area contributed by atoms with Crippen LogP contribution in [0.4, 0.5) is 13.2 Å². The molecule has 2 nitrogen and oxygen atoms in total. The fourth-order valence-electron chi connectivity index (χ4n) is 1.61. The third-order valence-corrected chi connectivity index (χ3v) is 2.99. The van der Waals surface area contributed by atoms with E-state index in [0.29, 0.717) is 12.8 Å². The van der Waals surface area contributed by atoms with Crippen LogP contribution in [0.25, 0.3) is 0 Å². The van der Waals surface area contributed by atoms with Crippen molar-refractivity contribution in [2.45, 2.75) is 45.1 Å². The summed E-state index contributed by atoms with van der Waals surface area (Å²) in [5, 5.41) is 0. The number of halogens is 3. The highest BCUT2D eigenvalue weighted by atomic mass is 28.4. The first-order valence-electron chi connectivity index (χ1n) is 5.14. The van der Waals surface area contributed by atoms with E-state index in [1.54, 1.807) is 0 Å². The lowest BCUT2D eigenvalue weighted by Crippen LogP contribution is -2.28. The zero-order valence-corrected chi connectivity index (χ0v) is 10.6. The van der Waals surface area contributed by atoms with Gasteiger partial charge in [0.15, 0.2) is 0 Å². The van der Waals surface area contributed by atoms with E-state index in [1.807, 2.05) is 19.6 Å². The SMILES string of the molecule is C[Si](C)(C)OC1=C(C(=O)C(F)(F)F)CCC1. The van der Waals surface area contributed by atoms with Gasteiger partial charge in [-0.15, -0.1) is 0 Å². The van der Waals surface area contributed by atoms with Crippen LogP contribution in [0.1, 0.15) is 19.3 Å². The molecule has 1 aliphatic rings. The molecule has 92 valence electrons. The lowest BCUT2D eigenvalue weighted by Gasteiger charge is -2.21. The van der Waals surface area contributed by atoms with Crippen molar-refractivity contribution in [1.29, 1.82) is 0 Å². The molecule has 0 atom stereocenters. The Morgan fingerprint density at radius 2 is 1.81 bits per heavy atom. The topological polar surface area (TPSA) is 26.3 Å². The van der Waals surface area contributed by atoms with Gasteiger partial charge in [-0.2, -0.15) is 13.2 Å². The highest BCUT2D eigenvalue weighted by Gasteiger charge is 2.43. The minimum atomic E-state index is -4.78. The maximum atomic E-state index is 12.3. The first-order chi connectivity index (χ1) is 7.11. The number of Topliss-reactive ketones (excluding diaryl/α,β-unsaturated/α-hetero) is 1. The lowest BCUT2D eigenvalue weighted by atomic mass is 10.1. The maximum absolute atomic E-state index is 12.3. The molecule has 0 aromatic rings. The molecule has 0 N–H and O–H groups in total. The van der Waals surface area contributed by atoms with E-state index in [0.717, 1.165) is 0 Å². The summed E-state index contributed by atoms with van der Waals surface area (Å²) in [5.74, 6) is -1.47. The molecule has 0 saturated heterocycles. The first kappa shape index (κ1) is 13.3. The van der Waals surface area contributed by atoms with Crippen LogP contribution >= 0.6 is 0 Å². The summed E-state index contributed by atoms with van der Waals surface area (Å²) in [6.07, 6.45) is -3.59. The molecule has 0 unspecified atom stereocenters. The standard InChI is InChI=1S/C10H15F3O2Si/c1-16(2,3)15-8-6-4-5-7(8)9(14)10(11,12)13/h4-6H2,1-3H3. The van der Waals surface area contributed by atoms with Crippen LogP contribution in [0.3, 0.4) is 0 Å². The van der Waals surface area contributed by atoms with E-state index in [9.17, 15) is 18.0 Å². The van der Waals surface area contributed by atoms with Gasteiger partial charge in [0.05, 0.1) is 5.76 Å². The Kier molecular flexibility index (Phi) is 3.52. The van der Waals surface area contributed by atoms with E-state index in [1.165, 1.54) is 0 Å². The van der Waals surface area contributed by atoms with Gasteiger partial charge in [0.2, 0.25) is 8.32 Å². The van der Waals surface area contributed by atoms with E-state index in [4.69, 9.17) is 4.43 Å². The second kappa shape index (κ2) is 4.23. The van der Waals surface area contributed by atoms with Crippen LogP contribution in [0.2, 0.25) is 19.6 Å². The molecule has 0 amide bonds. The Labute approximate surface area is 93.6 Å². The molecule has 0 aromatic heterocycles. The zero-order valence-electron chi connectivity index (χ0n) is 9.57. The molecule has 0 heterocycles. The summed E-state index contributed by atoms with van der Waals surface area (Å²) in [5.41, 5.74) is -0.171. The normalized spacial score (nSPS) is 17.9. The molecule has 0 bridgehead atoms. The van der Waals surface area contributed by atoms with Crippen LogP contribution in [-0.2, 0) is 9.22 Å². The smallest absolute Gasteiger partial charge is 0.454 e. The third-order valence-electron chi connectivity index (χ3n) is 2.13. The number of ketones is 1. The summed E-state index contributed by atoms with van der Waals surface area (Å²) in [6, 6.07) is 0. The monoisotopic (exact) mass is 252 g/mol. The first-order valence-corrected chi connectivity index (χ1v) is 8.54. The van der Waals surface area contributed by atoms with Gasteiger partial charge in [0, 0.05) is 12.0 Å².